The van der Waals surface area contributed by atoms with Crippen LogP contribution in [0.3, 0.4) is 0 Å². The summed E-state index contributed by atoms with van der Waals surface area (Å²) in [6.45, 7) is 1.48. The van der Waals surface area contributed by atoms with Crippen molar-refractivity contribution in [3.8, 4) is 5.75 Å². The average Bonchev–Trinajstić information content (AvgIpc) is 3.15. The van der Waals surface area contributed by atoms with Crippen LogP contribution in [0.4, 0.5) is 15.9 Å². The third-order valence-corrected chi connectivity index (χ3v) is 4.80. The predicted octanol–water partition coefficient (Wildman–Crippen LogP) is 4.54. The van der Waals surface area contributed by atoms with E-state index in [1.165, 1.54) is 25.3 Å². The zero-order chi connectivity index (χ0) is 22.7. The summed E-state index contributed by atoms with van der Waals surface area (Å²) in [5.74, 6) is -1.71. The molecule has 0 aliphatic heterocycles. The Morgan fingerprint density at radius 3 is 2.69 bits per heavy atom. The van der Waals surface area contributed by atoms with Gasteiger partial charge in [0, 0.05) is 6.92 Å². The largest absolute Gasteiger partial charge is 0.486 e. The second kappa shape index (κ2) is 9.03. The maximum atomic E-state index is 15.1. The van der Waals surface area contributed by atoms with Crippen LogP contribution < -0.4 is 15.4 Å². The normalized spacial score (nSPS) is 10.7. The number of anilines is 2. The fourth-order valence-corrected chi connectivity index (χ4v) is 3.25. The number of amides is 2. The highest BCUT2D eigenvalue weighted by molar-refractivity contribution is 6.34. The summed E-state index contributed by atoms with van der Waals surface area (Å²) in [6, 6.07) is 13.6. The predicted molar refractivity (Wildman–Crippen MR) is 118 cm³/mol. The number of aromatic amines is 1. The fourth-order valence-electron chi connectivity index (χ4n) is 3.02. The SMILES string of the molecule is CC(=O)Nc1[nH]nc2ncc(NC(=O)c3c(Cl)ccc(OCc4ccccc4)c3F)cc12. The molecule has 10 heteroatoms. The standard InChI is InChI=1S/C22H17ClFN5O3/c1-12(30)26-21-15-9-14(10-25-20(15)28-29-21)27-22(31)18-16(23)7-8-17(19(18)24)32-11-13-5-3-2-4-6-13/h2-10H,11H2,1H3,(H,27,31)(H2,25,26,28,29,30). The quantitative estimate of drug-likeness (QED) is 0.397. The van der Waals surface area contributed by atoms with Gasteiger partial charge in [0.25, 0.3) is 5.91 Å². The molecule has 4 aromatic rings. The Labute approximate surface area is 186 Å². The van der Waals surface area contributed by atoms with E-state index in [0.717, 1.165) is 5.56 Å². The molecule has 0 radical (unpaired) electrons. The zero-order valence-electron chi connectivity index (χ0n) is 16.8. The number of carbonyl (C=O) groups is 2. The van der Waals surface area contributed by atoms with Gasteiger partial charge in [-0.05, 0) is 23.8 Å². The van der Waals surface area contributed by atoms with Crippen molar-refractivity contribution in [1.82, 2.24) is 15.2 Å². The molecule has 0 saturated heterocycles. The Morgan fingerprint density at radius 1 is 1.16 bits per heavy atom. The van der Waals surface area contributed by atoms with Crippen LogP contribution in [0.2, 0.25) is 5.02 Å². The van der Waals surface area contributed by atoms with Crippen molar-refractivity contribution in [2.24, 2.45) is 0 Å². The molecule has 0 atom stereocenters. The van der Waals surface area contributed by atoms with Crippen LogP contribution in [0.25, 0.3) is 11.0 Å². The highest BCUT2D eigenvalue weighted by Crippen LogP contribution is 2.29. The summed E-state index contributed by atoms with van der Waals surface area (Å²) >= 11 is 6.11. The second-order valence-electron chi connectivity index (χ2n) is 6.84. The van der Waals surface area contributed by atoms with E-state index < -0.39 is 11.7 Å². The highest BCUT2D eigenvalue weighted by Gasteiger charge is 2.21. The second-order valence-corrected chi connectivity index (χ2v) is 7.25. The van der Waals surface area contributed by atoms with Gasteiger partial charge >= 0.3 is 0 Å². The van der Waals surface area contributed by atoms with Gasteiger partial charge in [0.05, 0.1) is 27.9 Å². The van der Waals surface area contributed by atoms with Gasteiger partial charge in [-0.15, -0.1) is 0 Å². The summed E-state index contributed by atoms with van der Waals surface area (Å²) in [4.78, 5) is 28.3. The van der Waals surface area contributed by atoms with Gasteiger partial charge in [0.1, 0.15) is 12.4 Å². The Bertz CT molecular complexity index is 1310. The molecule has 162 valence electrons. The van der Waals surface area contributed by atoms with Gasteiger partial charge in [-0.3, -0.25) is 14.7 Å². The van der Waals surface area contributed by atoms with E-state index in [1.54, 1.807) is 6.07 Å². The van der Waals surface area contributed by atoms with Crippen LogP contribution in [0.15, 0.2) is 54.7 Å². The van der Waals surface area contributed by atoms with Crippen molar-refractivity contribution in [3.63, 3.8) is 0 Å². The number of benzene rings is 2. The summed E-state index contributed by atoms with van der Waals surface area (Å²) < 4.78 is 20.6. The molecular formula is C22H17ClFN5O3. The Hall–Kier alpha value is -3.98. The number of H-pyrrole nitrogens is 1. The Morgan fingerprint density at radius 2 is 1.94 bits per heavy atom. The topological polar surface area (TPSA) is 109 Å². The summed E-state index contributed by atoms with van der Waals surface area (Å²) in [5.41, 5.74) is 1.10. The molecule has 2 aromatic carbocycles. The first kappa shape index (κ1) is 21.3. The molecule has 8 nitrogen and oxygen atoms in total. The molecule has 3 N–H and O–H groups in total. The lowest BCUT2D eigenvalue weighted by Crippen LogP contribution is -2.15. The first-order valence-electron chi connectivity index (χ1n) is 9.50. The van der Waals surface area contributed by atoms with Crippen molar-refractivity contribution in [3.05, 3.63) is 76.7 Å². The molecule has 32 heavy (non-hydrogen) atoms. The van der Waals surface area contributed by atoms with E-state index in [2.05, 4.69) is 25.8 Å². The van der Waals surface area contributed by atoms with Gasteiger partial charge in [0.2, 0.25) is 5.91 Å². The number of hydrogen-bond donors (Lipinski definition) is 3. The van der Waals surface area contributed by atoms with Gasteiger partial charge in [0.15, 0.2) is 17.2 Å². The van der Waals surface area contributed by atoms with Crippen molar-refractivity contribution >= 4 is 46.0 Å². The molecular weight excluding hydrogens is 437 g/mol. The maximum Gasteiger partial charge on any atom is 0.260 e. The summed E-state index contributed by atoms with van der Waals surface area (Å²) in [7, 11) is 0. The number of hydrogen-bond acceptors (Lipinski definition) is 5. The molecule has 0 unspecified atom stereocenters. The van der Waals surface area contributed by atoms with E-state index >= 15 is 4.39 Å². The molecule has 0 spiro atoms. The fraction of sp³-hybridized carbons (Fsp3) is 0.0909. The van der Waals surface area contributed by atoms with Gasteiger partial charge in [-0.25, -0.2) is 9.37 Å². The van der Waals surface area contributed by atoms with E-state index in [1.807, 2.05) is 30.3 Å². The summed E-state index contributed by atoms with van der Waals surface area (Å²) in [6.07, 6.45) is 1.36. The number of fused-ring (bicyclic) bond motifs is 1. The van der Waals surface area contributed by atoms with E-state index in [0.29, 0.717) is 16.9 Å². The van der Waals surface area contributed by atoms with Crippen LogP contribution in [0, 0.1) is 5.82 Å². The lowest BCUT2D eigenvalue weighted by atomic mass is 10.1. The van der Waals surface area contributed by atoms with E-state index in [4.69, 9.17) is 16.3 Å². The molecule has 0 fully saturated rings. The zero-order valence-corrected chi connectivity index (χ0v) is 17.5. The monoisotopic (exact) mass is 453 g/mol. The molecule has 2 aromatic heterocycles. The molecule has 4 rings (SSSR count). The van der Waals surface area contributed by atoms with Crippen molar-refractivity contribution in [2.75, 3.05) is 10.6 Å². The van der Waals surface area contributed by atoms with Crippen LogP contribution >= 0.6 is 11.6 Å². The number of carbonyl (C=O) groups excluding carboxylic acids is 2. The first-order chi connectivity index (χ1) is 15.4. The highest BCUT2D eigenvalue weighted by atomic mass is 35.5. The van der Waals surface area contributed by atoms with Crippen LogP contribution in [0.5, 0.6) is 5.75 Å². The minimum atomic E-state index is -0.873. The first-order valence-corrected chi connectivity index (χ1v) is 9.88. The number of pyridine rings is 1. The van der Waals surface area contributed by atoms with Gasteiger partial charge in [-0.1, -0.05) is 41.9 Å². The van der Waals surface area contributed by atoms with Gasteiger partial charge in [-0.2, -0.15) is 5.10 Å². The third-order valence-electron chi connectivity index (χ3n) is 4.49. The van der Waals surface area contributed by atoms with Crippen LogP contribution in [0.1, 0.15) is 22.8 Å². The van der Waals surface area contributed by atoms with E-state index in [9.17, 15) is 9.59 Å². The molecule has 2 amide bonds. The van der Waals surface area contributed by atoms with Crippen molar-refractivity contribution in [2.45, 2.75) is 13.5 Å². The minimum absolute atomic E-state index is 0.0663. The number of halogens is 2. The average molecular weight is 454 g/mol. The van der Waals surface area contributed by atoms with Crippen molar-refractivity contribution in [1.29, 1.82) is 0 Å². The minimum Gasteiger partial charge on any atom is -0.486 e. The number of aromatic nitrogens is 3. The molecule has 0 saturated carbocycles. The van der Waals surface area contributed by atoms with E-state index in [-0.39, 0.29) is 34.5 Å². The Balaban J connectivity index is 1.57. The number of nitrogens with zero attached hydrogens (tertiary/aromatic N) is 2. The number of nitrogens with one attached hydrogen (secondary N) is 3. The number of ether oxygens (including phenoxy) is 1. The molecule has 0 bridgehead atoms. The summed E-state index contributed by atoms with van der Waals surface area (Å²) in [5, 5.41) is 12.2. The van der Waals surface area contributed by atoms with Gasteiger partial charge < -0.3 is 15.4 Å². The van der Waals surface area contributed by atoms with Crippen LogP contribution in [-0.2, 0) is 11.4 Å². The lowest BCUT2D eigenvalue weighted by molar-refractivity contribution is -0.114. The number of rotatable bonds is 6. The van der Waals surface area contributed by atoms with Crippen molar-refractivity contribution < 1.29 is 18.7 Å². The molecule has 0 aliphatic rings. The third kappa shape index (κ3) is 4.52. The van der Waals surface area contributed by atoms with Crippen LogP contribution in [-0.4, -0.2) is 27.0 Å². The molecule has 2 heterocycles. The smallest absolute Gasteiger partial charge is 0.260 e. The lowest BCUT2D eigenvalue weighted by Gasteiger charge is -2.12. The Kier molecular flexibility index (Phi) is 6.00. The maximum absolute atomic E-state index is 15.1. The molecule has 0 aliphatic carbocycles.